The first-order valence-electron chi connectivity index (χ1n) is 6.75. The van der Waals surface area contributed by atoms with E-state index in [1.165, 1.54) is 0 Å². The summed E-state index contributed by atoms with van der Waals surface area (Å²) in [6.07, 6.45) is 3.28. The van der Waals surface area contributed by atoms with Gasteiger partial charge in [-0.15, -0.1) is 0 Å². The van der Waals surface area contributed by atoms with Crippen molar-refractivity contribution in [2.45, 2.75) is 58.5 Å². The fraction of sp³-hybridized carbons (Fsp3) is 0.846. The molecule has 2 N–H and O–H groups in total. The molecule has 2 amide bonds. The predicted octanol–water partition coefficient (Wildman–Crippen LogP) is 2.07. The summed E-state index contributed by atoms with van der Waals surface area (Å²) in [4.78, 5) is 24.9. The van der Waals surface area contributed by atoms with Crippen molar-refractivity contribution < 1.29 is 14.7 Å². The average Bonchev–Trinajstić information content (AvgIpc) is 3.08. The van der Waals surface area contributed by atoms with Gasteiger partial charge < -0.3 is 15.3 Å². The third-order valence-corrected chi connectivity index (χ3v) is 2.98. The number of hydrogen-bond acceptors (Lipinski definition) is 2. The smallest absolute Gasteiger partial charge is 0.326 e. The van der Waals surface area contributed by atoms with Gasteiger partial charge in [0.1, 0.15) is 6.04 Å². The Balaban J connectivity index is 2.56. The van der Waals surface area contributed by atoms with E-state index < -0.39 is 12.0 Å². The molecule has 1 atom stereocenters. The van der Waals surface area contributed by atoms with Crippen LogP contribution in [0.5, 0.6) is 0 Å². The average molecular weight is 256 g/mol. The first-order valence-corrected chi connectivity index (χ1v) is 6.75. The monoisotopic (exact) mass is 256 g/mol. The maximum absolute atomic E-state index is 12.1. The van der Waals surface area contributed by atoms with Gasteiger partial charge in [0.2, 0.25) is 0 Å². The third-order valence-electron chi connectivity index (χ3n) is 2.98. The van der Waals surface area contributed by atoms with Crippen molar-refractivity contribution in [1.29, 1.82) is 0 Å². The Labute approximate surface area is 109 Å². The number of urea groups is 1. The van der Waals surface area contributed by atoms with Crippen LogP contribution in [0.2, 0.25) is 0 Å². The standard InChI is InChI=1S/C13H24N2O3/c1-4-5-11(12(16)17)14-13(18)15(8-9(2)3)10-6-7-10/h9-11H,4-8H2,1-3H3,(H,14,18)(H,16,17). The van der Waals surface area contributed by atoms with E-state index in [1.54, 1.807) is 4.90 Å². The SMILES string of the molecule is CCCC(NC(=O)N(CC(C)C)C1CC1)C(=O)O. The molecule has 5 heteroatoms. The number of carboxylic acids is 1. The number of carbonyl (C=O) groups is 2. The fourth-order valence-electron chi connectivity index (χ4n) is 1.96. The van der Waals surface area contributed by atoms with Crippen molar-refractivity contribution in [2.24, 2.45) is 5.92 Å². The zero-order chi connectivity index (χ0) is 13.7. The van der Waals surface area contributed by atoms with Crippen molar-refractivity contribution in [3.05, 3.63) is 0 Å². The van der Waals surface area contributed by atoms with Crippen LogP contribution >= 0.6 is 0 Å². The second kappa shape index (κ2) is 6.61. The molecule has 0 spiro atoms. The van der Waals surface area contributed by atoms with E-state index in [2.05, 4.69) is 19.2 Å². The molecule has 1 unspecified atom stereocenters. The quantitative estimate of drug-likeness (QED) is 0.732. The summed E-state index contributed by atoms with van der Waals surface area (Å²) in [6.45, 7) is 6.72. The zero-order valence-electron chi connectivity index (χ0n) is 11.5. The van der Waals surface area contributed by atoms with Crippen molar-refractivity contribution in [2.75, 3.05) is 6.54 Å². The lowest BCUT2D eigenvalue weighted by Gasteiger charge is -2.26. The Hall–Kier alpha value is -1.26. The van der Waals surface area contributed by atoms with Crippen molar-refractivity contribution >= 4 is 12.0 Å². The van der Waals surface area contributed by atoms with Gasteiger partial charge in [0.15, 0.2) is 0 Å². The lowest BCUT2D eigenvalue weighted by Crippen LogP contribution is -2.49. The molecule has 5 nitrogen and oxygen atoms in total. The lowest BCUT2D eigenvalue weighted by atomic mass is 10.1. The molecule has 104 valence electrons. The molecule has 0 radical (unpaired) electrons. The fourth-order valence-corrected chi connectivity index (χ4v) is 1.96. The number of aliphatic carboxylic acids is 1. The lowest BCUT2D eigenvalue weighted by molar-refractivity contribution is -0.139. The van der Waals surface area contributed by atoms with Crippen LogP contribution in [-0.4, -0.2) is 40.6 Å². The highest BCUT2D eigenvalue weighted by atomic mass is 16.4. The van der Waals surface area contributed by atoms with E-state index in [9.17, 15) is 9.59 Å². The van der Waals surface area contributed by atoms with E-state index in [4.69, 9.17) is 5.11 Å². The molecule has 0 aliphatic heterocycles. The van der Waals surface area contributed by atoms with Crippen molar-refractivity contribution in [3.8, 4) is 0 Å². The van der Waals surface area contributed by atoms with Gasteiger partial charge in [-0.05, 0) is 25.2 Å². The molecule has 0 heterocycles. The highest BCUT2D eigenvalue weighted by Gasteiger charge is 2.34. The van der Waals surface area contributed by atoms with Gasteiger partial charge in [-0.3, -0.25) is 0 Å². The van der Waals surface area contributed by atoms with Crippen molar-refractivity contribution in [1.82, 2.24) is 10.2 Å². The highest BCUT2D eigenvalue weighted by Crippen LogP contribution is 2.27. The van der Waals surface area contributed by atoms with E-state index in [0.29, 0.717) is 24.9 Å². The van der Waals surface area contributed by atoms with E-state index in [1.807, 2.05) is 6.92 Å². The maximum atomic E-state index is 12.1. The van der Waals surface area contributed by atoms with Crippen LogP contribution < -0.4 is 5.32 Å². The molecule has 1 aliphatic carbocycles. The minimum Gasteiger partial charge on any atom is -0.480 e. The third kappa shape index (κ3) is 4.55. The summed E-state index contributed by atoms with van der Waals surface area (Å²) in [5, 5.41) is 11.7. The van der Waals surface area contributed by atoms with Crippen LogP contribution in [0.15, 0.2) is 0 Å². The van der Waals surface area contributed by atoms with E-state index >= 15 is 0 Å². The number of rotatable bonds is 7. The van der Waals surface area contributed by atoms with Crippen molar-refractivity contribution in [3.63, 3.8) is 0 Å². The number of amides is 2. The molecule has 1 aliphatic rings. The predicted molar refractivity (Wildman–Crippen MR) is 69.4 cm³/mol. The Morgan fingerprint density at radius 1 is 1.39 bits per heavy atom. The van der Waals surface area contributed by atoms with Gasteiger partial charge in [-0.1, -0.05) is 27.2 Å². The van der Waals surface area contributed by atoms with Gasteiger partial charge in [0, 0.05) is 12.6 Å². The Morgan fingerprint density at radius 3 is 2.39 bits per heavy atom. The summed E-state index contributed by atoms with van der Waals surface area (Å²) >= 11 is 0. The van der Waals surface area contributed by atoms with Crippen LogP contribution in [-0.2, 0) is 4.79 Å². The summed E-state index contributed by atoms with van der Waals surface area (Å²) in [5.74, 6) is -0.559. The van der Waals surface area contributed by atoms with E-state index in [0.717, 1.165) is 19.3 Å². The van der Waals surface area contributed by atoms with Crippen LogP contribution in [0, 0.1) is 5.92 Å². The second-order valence-corrected chi connectivity index (χ2v) is 5.41. The Bertz CT molecular complexity index is 301. The van der Waals surface area contributed by atoms with Crippen LogP contribution in [0.1, 0.15) is 46.5 Å². The molecule has 1 fully saturated rings. The molecule has 1 rings (SSSR count). The van der Waals surface area contributed by atoms with Crippen LogP contribution in [0.3, 0.4) is 0 Å². The maximum Gasteiger partial charge on any atom is 0.326 e. The largest absolute Gasteiger partial charge is 0.480 e. The van der Waals surface area contributed by atoms with Gasteiger partial charge in [-0.2, -0.15) is 0 Å². The topological polar surface area (TPSA) is 69.6 Å². The normalized spacial score (nSPS) is 16.4. The Kier molecular flexibility index (Phi) is 5.44. The van der Waals surface area contributed by atoms with Gasteiger partial charge in [0.05, 0.1) is 0 Å². The first kappa shape index (κ1) is 14.8. The highest BCUT2D eigenvalue weighted by molar-refractivity contribution is 5.82. The van der Waals surface area contributed by atoms with Crippen LogP contribution in [0.4, 0.5) is 4.79 Å². The summed E-state index contributed by atoms with van der Waals surface area (Å²) in [6, 6.07) is -0.688. The molecule has 0 bridgehead atoms. The molecule has 0 aromatic carbocycles. The number of nitrogens with one attached hydrogen (secondary N) is 1. The minimum absolute atomic E-state index is 0.230. The second-order valence-electron chi connectivity index (χ2n) is 5.41. The van der Waals surface area contributed by atoms with Gasteiger partial charge in [-0.25, -0.2) is 9.59 Å². The summed E-state index contributed by atoms with van der Waals surface area (Å²) < 4.78 is 0. The van der Waals surface area contributed by atoms with E-state index in [-0.39, 0.29) is 6.03 Å². The number of hydrogen-bond donors (Lipinski definition) is 2. The number of carbonyl (C=O) groups excluding carboxylic acids is 1. The molecule has 1 saturated carbocycles. The number of nitrogens with zero attached hydrogens (tertiary/aromatic N) is 1. The van der Waals surface area contributed by atoms with Crippen LogP contribution in [0.25, 0.3) is 0 Å². The first-order chi connectivity index (χ1) is 8.45. The number of carboxylic acid groups (broad SMARTS) is 1. The molecular weight excluding hydrogens is 232 g/mol. The minimum atomic E-state index is -0.953. The molecule has 18 heavy (non-hydrogen) atoms. The molecular formula is C13H24N2O3. The van der Waals surface area contributed by atoms with Gasteiger partial charge in [0.25, 0.3) is 0 Å². The van der Waals surface area contributed by atoms with Gasteiger partial charge >= 0.3 is 12.0 Å². The zero-order valence-corrected chi connectivity index (χ0v) is 11.5. The Morgan fingerprint density at radius 2 is 2.00 bits per heavy atom. The molecule has 0 aromatic rings. The summed E-state index contributed by atoms with van der Waals surface area (Å²) in [5.41, 5.74) is 0. The summed E-state index contributed by atoms with van der Waals surface area (Å²) in [7, 11) is 0. The molecule has 0 aromatic heterocycles. The molecule has 0 saturated heterocycles.